The van der Waals surface area contributed by atoms with Gasteiger partial charge in [0.25, 0.3) is 0 Å². The maximum absolute atomic E-state index is 10.4. The molecule has 0 amide bonds. The zero-order chi connectivity index (χ0) is 20.2. The summed E-state index contributed by atoms with van der Waals surface area (Å²) in [5.74, 6) is 1.34. The monoisotopic (exact) mass is 382 g/mol. The van der Waals surface area contributed by atoms with Crippen LogP contribution in [0.2, 0.25) is 0 Å². The zero-order valence-electron chi connectivity index (χ0n) is 17.1. The fourth-order valence-electron chi connectivity index (χ4n) is 5.12. The summed E-state index contributed by atoms with van der Waals surface area (Å²) in [5, 5.41) is 10.4. The minimum absolute atomic E-state index is 0.0218. The van der Waals surface area contributed by atoms with Gasteiger partial charge in [-0.05, 0) is 53.9 Å². The highest BCUT2D eigenvalue weighted by molar-refractivity contribution is 5.84. The molecule has 3 heteroatoms. The van der Waals surface area contributed by atoms with E-state index in [1.165, 1.54) is 5.56 Å². The third-order valence-electron chi connectivity index (χ3n) is 7.05. The number of aromatic hydroxyl groups is 1. The van der Waals surface area contributed by atoms with Gasteiger partial charge in [0.2, 0.25) is 0 Å². The van der Waals surface area contributed by atoms with Gasteiger partial charge in [0.15, 0.2) is 0 Å². The molecule has 3 nitrogen and oxygen atoms in total. The molecule has 0 aliphatic heterocycles. The minimum atomic E-state index is 0.0218. The molecular formula is C26H26N2O. The Morgan fingerprint density at radius 1 is 1.03 bits per heavy atom. The molecular weight excluding hydrogens is 356 g/mol. The van der Waals surface area contributed by atoms with Crippen LogP contribution in [0.15, 0.2) is 65.7 Å². The molecule has 2 aromatic carbocycles. The van der Waals surface area contributed by atoms with E-state index in [0.29, 0.717) is 17.6 Å². The quantitative estimate of drug-likeness (QED) is 0.559. The smallest absolute Gasteiger partial charge is 0.127 e. The Morgan fingerprint density at radius 2 is 1.83 bits per heavy atom. The van der Waals surface area contributed by atoms with E-state index in [9.17, 15) is 5.11 Å². The summed E-state index contributed by atoms with van der Waals surface area (Å²) >= 11 is 0. The topological polar surface area (TPSA) is 45.5 Å². The summed E-state index contributed by atoms with van der Waals surface area (Å²) in [4.78, 5) is 10.1. The summed E-state index contributed by atoms with van der Waals surface area (Å²) < 4.78 is 0. The highest BCUT2D eigenvalue weighted by atomic mass is 16.3. The summed E-state index contributed by atoms with van der Waals surface area (Å²) in [6, 6.07) is 20.6. The molecule has 0 radical (unpaired) electrons. The molecule has 1 fully saturated rings. The number of hydrogen-bond donors (Lipinski definition) is 1. The molecule has 6 rings (SSSR count). The maximum atomic E-state index is 10.4. The highest BCUT2D eigenvalue weighted by Crippen LogP contribution is 2.66. The molecule has 146 valence electrons. The van der Waals surface area contributed by atoms with E-state index in [0.717, 1.165) is 34.5 Å². The van der Waals surface area contributed by atoms with Crippen LogP contribution in [0.1, 0.15) is 54.6 Å². The Morgan fingerprint density at radius 3 is 2.59 bits per heavy atom. The lowest BCUT2D eigenvalue weighted by Gasteiger charge is -2.59. The average molecular weight is 383 g/mol. The van der Waals surface area contributed by atoms with Crippen molar-refractivity contribution in [1.82, 2.24) is 4.98 Å². The first kappa shape index (κ1) is 18.1. The van der Waals surface area contributed by atoms with E-state index >= 15 is 0 Å². The van der Waals surface area contributed by atoms with Gasteiger partial charge in [-0.15, -0.1) is 0 Å². The SMILES string of the molecule is Cc1cccc(C=N[C@@H]2c3nc(-c4ccccc4)ccc3[C@H]3C[C@@H]2C3(C)C)c1O. The van der Waals surface area contributed by atoms with Crippen LogP contribution >= 0.6 is 0 Å². The minimum Gasteiger partial charge on any atom is -0.507 e. The number of phenols is 1. The number of nitrogens with zero attached hydrogens (tertiary/aromatic N) is 2. The molecule has 3 aromatic rings. The van der Waals surface area contributed by atoms with Gasteiger partial charge in [0.1, 0.15) is 5.75 Å². The molecule has 1 saturated carbocycles. The molecule has 2 bridgehead atoms. The Kier molecular flexibility index (Phi) is 4.09. The molecule has 3 aliphatic rings. The Labute approximate surface area is 172 Å². The van der Waals surface area contributed by atoms with Crippen LogP contribution in [0.5, 0.6) is 5.75 Å². The Bertz CT molecular complexity index is 1100. The third-order valence-corrected chi connectivity index (χ3v) is 7.05. The van der Waals surface area contributed by atoms with Gasteiger partial charge in [0.05, 0.1) is 17.4 Å². The Balaban J connectivity index is 1.59. The van der Waals surface area contributed by atoms with Crippen LogP contribution in [0, 0.1) is 18.3 Å². The Hall–Kier alpha value is -2.94. The van der Waals surface area contributed by atoms with Gasteiger partial charge in [-0.1, -0.05) is 62.4 Å². The molecule has 0 spiro atoms. The molecule has 1 aromatic heterocycles. The van der Waals surface area contributed by atoms with Gasteiger partial charge >= 0.3 is 0 Å². The second-order valence-corrected chi connectivity index (χ2v) is 8.99. The number of aromatic nitrogens is 1. The second kappa shape index (κ2) is 6.55. The molecule has 3 aliphatic carbocycles. The molecule has 3 atom stereocenters. The number of aryl methyl sites for hydroxylation is 1. The number of rotatable bonds is 3. The lowest BCUT2D eigenvalue weighted by Crippen LogP contribution is -2.50. The number of aliphatic imine (C=N–C) groups is 1. The third kappa shape index (κ3) is 2.79. The largest absolute Gasteiger partial charge is 0.507 e. The van der Waals surface area contributed by atoms with Crippen molar-refractivity contribution in [2.75, 3.05) is 0 Å². The van der Waals surface area contributed by atoms with Crippen LogP contribution in [-0.4, -0.2) is 16.3 Å². The van der Waals surface area contributed by atoms with Gasteiger partial charge in [-0.25, -0.2) is 0 Å². The van der Waals surface area contributed by atoms with Gasteiger partial charge < -0.3 is 5.11 Å². The molecule has 0 saturated heterocycles. The number of pyridine rings is 1. The summed E-state index contributed by atoms with van der Waals surface area (Å²) in [6.07, 6.45) is 3.00. The average Bonchev–Trinajstić information content (AvgIpc) is 2.74. The fourth-order valence-corrected chi connectivity index (χ4v) is 5.12. The van der Waals surface area contributed by atoms with Crippen LogP contribution in [0.3, 0.4) is 0 Å². The van der Waals surface area contributed by atoms with E-state index in [1.807, 2.05) is 49.5 Å². The van der Waals surface area contributed by atoms with Gasteiger partial charge in [-0.3, -0.25) is 9.98 Å². The number of phenolic OH excluding ortho intramolecular Hbond substituents is 1. The zero-order valence-corrected chi connectivity index (χ0v) is 17.1. The first-order chi connectivity index (χ1) is 14.0. The molecule has 1 N–H and O–H groups in total. The highest BCUT2D eigenvalue weighted by Gasteiger charge is 2.57. The summed E-state index contributed by atoms with van der Waals surface area (Å²) in [7, 11) is 0. The lowest BCUT2D eigenvalue weighted by molar-refractivity contribution is -0.00505. The van der Waals surface area contributed by atoms with E-state index in [1.54, 1.807) is 0 Å². The predicted octanol–water partition coefficient (Wildman–Crippen LogP) is 6.07. The van der Waals surface area contributed by atoms with Crippen molar-refractivity contribution in [3.05, 3.63) is 83.0 Å². The van der Waals surface area contributed by atoms with E-state index in [-0.39, 0.29) is 11.5 Å². The van der Waals surface area contributed by atoms with Crippen LogP contribution in [0.4, 0.5) is 0 Å². The summed E-state index contributed by atoms with van der Waals surface area (Å²) in [6.45, 7) is 6.62. The van der Waals surface area contributed by atoms with Crippen molar-refractivity contribution in [2.45, 2.75) is 39.2 Å². The van der Waals surface area contributed by atoms with Crippen molar-refractivity contribution in [3.63, 3.8) is 0 Å². The van der Waals surface area contributed by atoms with E-state index in [4.69, 9.17) is 9.98 Å². The predicted molar refractivity (Wildman–Crippen MR) is 117 cm³/mol. The maximum Gasteiger partial charge on any atom is 0.127 e. The standard InChI is InChI=1S/C26H26N2O/c1-16-8-7-11-18(25(16)29)15-27-24-21-14-20(26(21,2)3)19-12-13-22(28-23(19)24)17-9-5-4-6-10-17/h4-13,15,20-21,24,29H,14H2,1-3H3/t20-,21+,24+/m1/s1. The van der Waals surface area contributed by atoms with Crippen molar-refractivity contribution in [1.29, 1.82) is 0 Å². The number of para-hydroxylation sites is 1. The first-order valence-corrected chi connectivity index (χ1v) is 10.3. The van der Waals surface area contributed by atoms with Gasteiger partial charge in [-0.2, -0.15) is 0 Å². The van der Waals surface area contributed by atoms with Crippen molar-refractivity contribution in [3.8, 4) is 17.0 Å². The molecule has 29 heavy (non-hydrogen) atoms. The lowest BCUT2D eigenvalue weighted by atomic mass is 9.46. The fraction of sp³-hybridized carbons (Fsp3) is 0.308. The van der Waals surface area contributed by atoms with Gasteiger partial charge in [0, 0.05) is 17.3 Å². The normalized spacial score (nSPS) is 24.2. The molecule has 0 unspecified atom stereocenters. The van der Waals surface area contributed by atoms with Crippen molar-refractivity contribution < 1.29 is 5.11 Å². The number of benzene rings is 2. The number of hydrogen-bond acceptors (Lipinski definition) is 3. The van der Waals surface area contributed by atoms with E-state index < -0.39 is 0 Å². The molecule has 1 heterocycles. The van der Waals surface area contributed by atoms with Crippen molar-refractivity contribution in [2.24, 2.45) is 16.3 Å². The van der Waals surface area contributed by atoms with Crippen LogP contribution in [0.25, 0.3) is 11.3 Å². The van der Waals surface area contributed by atoms with Crippen molar-refractivity contribution >= 4 is 6.21 Å². The van der Waals surface area contributed by atoms with Crippen LogP contribution in [-0.2, 0) is 0 Å². The van der Waals surface area contributed by atoms with Crippen LogP contribution < -0.4 is 0 Å². The second-order valence-electron chi connectivity index (χ2n) is 8.99. The van der Waals surface area contributed by atoms with E-state index in [2.05, 4.69) is 38.1 Å². The first-order valence-electron chi connectivity index (χ1n) is 10.3. The summed E-state index contributed by atoms with van der Waals surface area (Å²) in [5.41, 5.74) is 6.44.